The highest BCUT2D eigenvalue weighted by Crippen LogP contribution is 2.44. The number of esters is 1. The Morgan fingerprint density at radius 1 is 0.909 bits per heavy atom. The molecule has 3 N–H and O–H groups in total. The lowest BCUT2D eigenvalue weighted by Gasteiger charge is -2.22. The molecule has 0 amide bonds. The Labute approximate surface area is 191 Å². The Morgan fingerprint density at radius 3 is 1.91 bits per heavy atom. The van der Waals surface area contributed by atoms with Gasteiger partial charge in [-0.15, -0.1) is 0 Å². The molecule has 7 heteroatoms. The van der Waals surface area contributed by atoms with Crippen LogP contribution in [0.5, 0.6) is 11.5 Å². The monoisotopic (exact) mass is 447 g/mol. The minimum atomic E-state index is -1.59. The molecule has 7 nitrogen and oxygen atoms in total. The number of aliphatic carboxylic acids is 1. The van der Waals surface area contributed by atoms with Gasteiger partial charge in [-0.1, -0.05) is 48.5 Å². The van der Waals surface area contributed by atoms with Crippen LogP contribution in [0.3, 0.4) is 0 Å². The van der Waals surface area contributed by atoms with E-state index in [1.165, 1.54) is 14.2 Å². The number of methoxy groups -OCH3 is 2. The first-order chi connectivity index (χ1) is 15.9. The molecule has 3 aromatic carbocycles. The number of carboxylic acids is 1. The molecule has 170 valence electrons. The van der Waals surface area contributed by atoms with Gasteiger partial charge in [-0.25, -0.2) is 0 Å². The standard InChI is InChI=1S/C26H25NO6/c1-31-16-11-15(12-17(13-16)32-2)24(27)23(25(28)29)26(30)33-14-22-20-9-5-3-7-18(20)19-8-4-6-10-21(19)22/h3-13,22-24H,14,27H2,1-2H3,(H,28,29). The summed E-state index contributed by atoms with van der Waals surface area (Å²) in [6.45, 7) is 0.0186. The lowest BCUT2D eigenvalue weighted by atomic mass is 9.93. The number of hydrogen-bond acceptors (Lipinski definition) is 6. The minimum Gasteiger partial charge on any atom is -0.497 e. The Hall–Kier alpha value is -3.84. The van der Waals surface area contributed by atoms with Gasteiger partial charge in [0.05, 0.1) is 20.3 Å². The van der Waals surface area contributed by atoms with E-state index in [-0.39, 0.29) is 12.5 Å². The molecule has 1 aliphatic carbocycles. The van der Waals surface area contributed by atoms with Gasteiger partial charge < -0.3 is 25.1 Å². The Kier molecular flexibility index (Phi) is 6.33. The lowest BCUT2D eigenvalue weighted by molar-refractivity contribution is -0.160. The predicted octanol–water partition coefficient (Wildman–Crippen LogP) is 3.76. The van der Waals surface area contributed by atoms with Crippen molar-refractivity contribution >= 4 is 11.9 Å². The van der Waals surface area contributed by atoms with Crippen molar-refractivity contribution in [1.82, 2.24) is 0 Å². The maximum Gasteiger partial charge on any atom is 0.322 e. The van der Waals surface area contributed by atoms with Crippen molar-refractivity contribution in [2.75, 3.05) is 20.8 Å². The van der Waals surface area contributed by atoms with Crippen LogP contribution in [-0.4, -0.2) is 37.9 Å². The SMILES string of the molecule is COc1cc(OC)cc(C(N)C(C(=O)O)C(=O)OCC2c3ccccc3-c3ccccc32)c1. The molecule has 3 aromatic rings. The van der Waals surface area contributed by atoms with Gasteiger partial charge in [-0.2, -0.15) is 0 Å². The highest BCUT2D eigenvalue weighted by Gasteiger charge is 2.37. The minimum absolute atomic E-state index is 0.0186. The second-order valence-electron chi connectivity index (χ2n) is 7.84. The van der Waals surface area contributed by atoms with Crippen LogP contribution in [0.2, 0.25) is 0 Å². The van der Waals surface area contributed by atoms with Crippen LogP contribution in [0.25, 0.3) is 11.1 Å². The summed E-state index contributed by atoms with van der Waals surface area (Å²) in [4.78, 5) is 25.0. The maximum absolute atomic E-state index is 12.9. The van der Waals surface area contributed by atoms with Crippen LogP contribution < -0.4 is 15.2 Å². The normalized spacial score (nSPS) is 14.0. The summed E-state index contributed by atoms with van der Waals surface area (Å²) >= 11 is 0. The summed E-state index contributed by atoms with van der Waals surface area (Å²) in [7, 11) is 2.95. The average molecular weight is 447 g/mol. The molecule has 0 radical (unpaired) electrons. The van der Waals surface area contributed by atoms with Crippen molar-refractivity contribution in [3.05, 3.63) is 83.4 Å². The number of nitrogens with two attached hydrogens (primary N) is 1. The first-order valence-corrected chi connectivity index (χ1v) is 10.5. The summed E-state index contributed by atoms with van der Waals surface area (Å²) < 4.78 is 16.0. The molecule has 0 aromatic heterocycles. The first kappa shape index (κ1) is 22.4. The molecular formula is C26H25NO6. The number of carboxylic acid groups (broad SMARTS) is 1. The summed E-state index contributed by atoms with van der Waals surface area (Å²) in [5.74, 6) is -3.13. The molecule has 2 unspecified atom stereocenters. The third kappa shape index (κ3) is 4.27. The molecule has 2 atom stereocenters. The van der Waals surface area contributed by atoms with Crippen molar-refractivity contribution in [1.29, 1.82) is 0 Å². The molecule has 0 heterocycles. The van der Waals surface area contributed by atoms with Gasteiger partial charge in [0, 0.05) is 12.0 Å². The maximum atomic E-state index is 12.9. The number of hydrogen-bond donors (Lipinski definition) is 2. The lowest BCUT2D eigenvalue weighted by Crippen LogP contribution is -2.36. The second-order valence-corrected chi connectivity index (χ2v) is 7.84. The highest BCUT2D eigenvalue weighted by molar-refractivity contribution is 5.95. The largest absolute Gasteiger partial charge is 0.497 e. The van der Waals surface area contributed by atoms with Crippen molar-refractivity contribution < 1.29 is 28.9 Å². The van der Waals surface area contributed by atoms with Gasteiger partial charge in [-0.3, -0.25) is 9.59 Å². The molecule has 0 aliphatic heterocycles. The van der Waals surface area contributed by atoms with E-state index < -0.39 is 23.9 Å². The molecule has 0 spiro atoms. The van der Waals surface area contributed by atoms with Gasteiger partial charge in [0.25, 0.3) is 0 Å². The van der Waals surface area contributed by atoms with Gasteiger partial charge in [0.1, 0.15) is 18.1 Å². The van der Waals surface area contributed by atoms with Gasteiger partial charge >= 0.3 is 11.9 Å². The van der Waals surface area contributed by atoms with Crippen LogP contribution in [-0.2, 0) is 14.3 Å². The predicted molar refractivity (Wildman–Crippen MR) is 122 cm³/mol. The quantitative estimate of drug-likeness (QED) is 0.400. The Morgan fingerprint density at radius 2 is 1.42 bits per heavy atom. The van der Waals surface area contributed by atoms with E-state index >= 15 is 0 Å². The number of ether oxygens (including phenoxy) is 3. The fraction of sp³-hybridized carbons (Fsp3) is 0.231. The smallest absolute Gasteiger partial charge is 0.322 e. The zero-order valence-corrected chi connectivity index (χ0v) is 18.4. The van der Waals surface area contributed by atoms with E-state index in [0.29, 0.717) is 17.1 Å². The van der Waals surface area contributed by atoms with E-state index in [2.05, 4.69) is 0 Å². The van der Waals surface area contributed by atoms with Gasteiger partial charge in [-0.05, 0) is 39.9 Å². The van der Waals surface area contributed by atoms with Gasteiger partial charge in [0.15, 0.2) is 5.92 Å². The third-order valence-corrected chi connectivity index (χ3v) is 5.99. The van der Waals surface area contributed by atoms with Crippen LogP contribution in [0.15, 0.2) is 66.7 Å². The topological polar surface area (TPSA) is 108 Å². The van der Waals surface area contributed by atoms with E-state index in [1.807, 2.05) is 48.5 Å². The molecule has 1 aliphatic rings. The van der Waals surface area contributed by atoms with Crippen molar-refractivity contribution in [3.8, 4) is 22.6 Å². The first-order valence-electron chi connectivity index (χ1n) is 10.5. The van der Waals surface area contributed by atoms with Crippen LogP contribution in [0.1, 0.15) is 28.7 Å². The zero-order chi connectivity index (χ0) is 23.5. The second kappa shape index (κ2) is 9.34. The van der Waals surface area contributed by atoms with Crippen molar-refractivity contribution in [3.63, 3.8) is 0 Å². The molecule has 0 saturated carbocycles. The van der Waals surface area contributed by atoms with Gasteiger partial charge in [0.2, 0.25) is 0 Å². The fourth-order valence-electron chi connectivity index (χ4n) is 4.31. The average Bonchev–Trinajstić information content (AvgIpc) is 3.15. The Balaban J connectivity index is 1.56. The Bertz CT molecular complexity index is 1120. The van der Waals surface area contributed by atoms with E-state index in [0.717, 1.165) is 22.3 Å². The number of benzene rings is 3. The van der Waals surface area contributed by atoms with E-state index in [1.54, 1.807) is 18.2 Å². The number of carbonyl (C=O) groups is 2. The molecule has 0 fully saturated rings. The van der Waals surface area contributed by atoms with Crippen molar-refractivity contribution in [2.24, 2.45) is 11.7 Å². The molecular weight excluding hydrogens is 422 g/mol. The third-order valence-electron chi connectivity index (χ3n) is 5.99. The zero-order valence-electron chi connectivity index (χ0n) is 18.4. The molecule has 4 rings (SSSR count). The van der Waals surface area contributed by atoms with Crippen LogP contribution in [0.4, 0.5) is 0 Å². The van der Waals surface area contributed by atoms with Crippen molar-refractivity contribution in [2.45, 2.75) is 12.0 Å². The van der Waals surface area contributed by atoms with E-state index in [9.17, 15) is 14.7 Å². The molecule has 0 saturated heterocycles. The molecule has 33 heavy (non-hydrogen) atoms. The summed E-state index contributed by atoms with van der Waals surface area (Å²) in [6, 6.07) is 19.5. The molecule has 0 bridgehead atoms. The summed E-state index contributed by atoms with van der Waals surface area (Å²) in [5, 5.41) is 9.79. The number of carbonyl (C=O) groups excluding carboxylic acids is 1. The summed E-state index contributed by atoms with van der Waals surface area (Å²) in [5.41, 5.74) is 10.9. The summed E-state index contributed by atoms with van der Waals surface area (Å²) in [6.07, 6.45) is 0. The van der Waals surface area contributed by atoms with Crippen LogP contribution >= 0.6 is 0 Å². The number of rotatable bonds is 8. The number of fused-ring (bicyclic) bond motifs is 3. The highest BCUT2D eigenvalue weighted by atomic mass is 16.5. The van der Waals surface area contributed by atoms with E-state index in [4.69, 9.17) is 19.9 Å². The van der Waals surface area contributed by atoms with Crippen LogP contribution in [0, 0.1) is 5.92 Å². The fourth-order valence-corrected chi connectivity index (χ4v) is 4.31.